The zero-order valence-corrected chi connectivity index (χ0v) is 26.5. The van der Waals surface area contributed by atoms with Gasteiger partial charge >= 0.3 is 5.97 Å². The van der Waals surface area contributed by atoms with E-state index in [-0.39, 0.29) is 43.6 Å². The molecule has 0 aliphatic heterocycles. The lowest BCUT2D eigenvalue weighted by atomic mass is 9.45. The molecule has 5 rings (SSSR count). The van der Waals surface area contributed by atoms with E-state index < -0.39 is 94.6 Å². The average Bonchev–Trinajstić information content (AvgIpc) is 3.24. The number of ketones is 2. The molecule has 4 aliphatic rings. The molecular weight excluding hydrogens is 635 g/mol. The van der Waals surface area contributed by atoms with E-state index in [9.17, 15) is 49.7 Å². The van der Waals surface area contributed by atoms with Crippen molar-refractivity contribution in [3.05, 3.63) is 69.3 Å². The summed E-state index contributed by atoms with van der Waals surface area (Å²) in [4.78, 5) is 66.0. The summed E-state index contributed by atoms with van der Waals surface area (Å²) in [7, 11) is 0. The minimum atomic E-state index is -2.54. The van der Waals surface area contributed by atoms with E-state index in [4.69, 9.17) is 4.74 Å². The predicted molar refractivity (Wildman–Crippen MR) is 162 cm³/mol. The van der Waals surface area contributed by atoms with Crippen LogP contribution in [-0.4, -0.2) is 98.3 Å². The van der Waals surface area contributed by atoms with Gasteiger partial charge in [0.15, 0.2) is 29.7 Å². The lowest BCUT2D eigenvalue weighted by Crippen LogP contribution is -2.69. The fraction of sp³-hybridized carbons (Fsp3) is 0.576. The molecule has 0 heterocycles. The number of hydrogen-bond donors (Lipinski definition) is 5. The second kappa shape index (κ2) is 12.8. The molecule has 1 amide bonds. The molecule has 0 aromatic heterocycles. The first kappa shape index (κ1) is 35.3. The molecule has 0 saturated heterocycles. The highest BCUT2D eigenvalue weighted by atomic mass is 19.1. The van der Waals surface area contributed by atoms with E-state index in [0.717, 1.165) is 0 Å². The number of nitrogens with one attached hydrogen (secondary N) is 1. The molecule has 48 heavy (non-hydrogen) atoms. The molecule has 4 aliphatic carbocycles. The first-order valence-electron chi connectivity index (χ1n) is 15.7. The quantitative estimate of drug-likeness (QED) is 0.0948. The number of Topliss-reactive ketones (excluding diaryl/α,β-unsaturated/α-hetero) is 1. The van der Waals surface area contributed by atoms with Gasteiger partial charge in [-0.15, -0.1) is 10.1 Å². The minimum absolute atomic E-state index is 0.0135. The summed E-state index contributed by atoms with van der Waals surface area (Å²) in [6.07, 6.45) is 0.812. The number of esters is 1. The highest BCUT2D eigenvalue weighted by molar-refractivity contribution is 5.98. The summed E-state index contributed by atoms with van der Waals surface area (Å²) < 4.78 is 22.4. The van der Waals surface area contributed by atoms with Crippen molar-refractivity contribution in [3.63, 3.8) is 0 Å². The SMILES string of the molecule is C[C@]12C=CC(=O)CC1=CC[C@H]1[C@@H]3C[C@@H](O)[C@](O)(C(=O)COC(=O)C(CO)NC(=O)c4cccc(CCO[N+](=O)[O-])c4)[C@@]3(C)C[C@H](O)[C@@]12F. The molecule has 260 valence electrons. The van der Waals surface area contributed by atoms with Crippen LogP contribution in [-0.2, 0) is 30.4 Å². The van der Waals surface area contributed by atoms with Gasteiger partial charge in [-0.1, -0.05) is 36.8 Å². The lowest BCUT2D eigenvalue weighted by Gasteiger charge is -2.61. The molecule has 1 unspecified atom stereocenters. The largest absolute Gasteiger partial charge is 0.456 e. The molecule has 14 nitrogen and oxygen atoms in total. The van der Waals surface area contributed by atoms with Gasteiger partial charge in [0.05, 0.1) is 18.8 Å². The van der Waals surface area contributed by atoms with Crippen molar-refractivity contribution >= 4 is 23.4 Å². The third-order valence-corrected chi connectivity index (χ3v) is 11.1. The van der Waals surface area contributed by atoms with Gasteiger partial charge in [0.25, 0.3) is 11.0 Å². The van der Waals surface area contributed by atoms with Crippen LogP contribution in [0.2, 0.25) is 0 Å². The molecule has 0 radical (unpaired) electrons. The summed E-state index contributed by atoms with van der Waals surface area (Å²) in [6.45, 7) is 0.893. The molecule has 0 bridgehead atoms. The number of alkyl halides is 1. The van der Waals surface area contributed by atoms with Gasteiger partial charge in [-0.3, -0.25) is 14.4 Å². The van der Waals surface area contributed by atoms with E-state index >= 15 is 4.39 Å². The fourth-order valence-corrected chi connectivity index (χ4v) is 8.51. The van der Waals surface area contributed by atoms with Crippen LogP contribution >= 0.6 is 0 Å². The predicted octanol–water partition coefficient (Wildman–Crippen LogP) is 0.713. The number of ether oxygens (including phenoxy) is 1. The zero-order chi connectivity index (χ0) is 35.2. The van der Waals surface area contributed by atoms with Crippen molar-refractivity contribution in [2.75, 3.05) is 19.8 Å². The van der Waals surface area contributed by atoms with Crippen LogP contribution in [0.5, 0.6) is 0 Å². The maximum atomic E-state index is 17.3. The summed E-state index contributed by atoms with van der Waals surface area (Å²) in [6, 6.07) is 4.30. The topological polar surface area (TPSA) is 223 Å². The van der Waals surface area contributed by atoms with E-state index in [2.05, 4.69) is 10.2 Å². The molecule has 2 saturated carbocycles. The number of halogens is 1. The number of amides is 1. The highest BCUT2D eigenvalue weighted by Gasteiger charge is 2.76. The fourth-order valence-electron chi connectivity index (χ4n) is 8.51. The van der Waals surface area contributed by atoms with Gasteiger partial charge in [0.2, 0.25) is 5.78 Å². The molecular formula is C33H39FN2O12. The number of benzene rings is 1. The van der Waals surface area contributed by atoms with E-state index in [1.165, 1.54) is 37.3 Å². The molecule has 15 heteroatoms. The van der Waals surface area contributed by atoms with Crippen LogP contribution in [0.15, 0.2) is 48.1 Å². The van der Waals surface area contributed by atoms with Crippen molar-refractivity contribution in [3.8, 4) is 0 Å². The van der Waals surface area contributed by atoms with Gasteiger partial charge in [-0.05, 0) is 62.3 Å². The van der Waals surface area contributed by atoms with Crippen LogP contribution in [0.25, 0.3) is 0 Å². The minimum Gasteiger partial charge on any atom is -0.456 e. The van der Waals surface area contributed by atoms with E-state index in [0.29, 0.717) is 11.1 Å². The van der Waals surface area contributed by atoms with Gasteiger partial charge in [-0.25, -0.2) is 9.18 Å². The second-order valence-electron chi connectivity index (χ2n) is 13.5. The monoisotopic (exact) mass is 674 g/mol. The summed E-state index contributed by atoms with van der Waals surface area (Å²) in [5.74, 6) is -4.99. The third-order valence-electron chi connectivity index (χ3n) is 11.1. The molecule has 1 aromatic rings. The Kier molecular flexibility index (Phi) is 9.38. The lowest BCUT2D eigenvalue weighted by molar-refractivity contribution is -0.757. The Morgan fingerprint density at radius 1 is 1.19 bits per heavy atom. The normalized spacial score (nSPS) is 35.7. The van der Waals surface area contributed by atoms with Crippen molar-refractivity contribution in [2.45, 2.75) is 75.5 Å². The Morgan fingerprint density at radius 2 is 1.92 bits per heavy atom. The average molecular weight is 675 g/mol. The first-order valence-corrected chi connectivity index (χ1v) is 15.7. The van der Waals surface area contributed by atoms with Crippen LogP contribution in [0.3, 0.4) is 0 Å². The highest BCUT2D eigenvalue weighted by Crippen LogP contribution is 2.69. The summed E-state index contributed by atoms with van der Waals surface area (Å²) >= 11 is 0. The second-order valence-corrected chi connectivity index (χ2v) is 13.5. The maximum absolute atomic E-state index is 17.3. The van der Waals surface area contributed by atoms with E-state index in [1.54, 1.807) is 19.1 Å². The van der Waals surface area contributed by atoms with Crippen LogP contribution < -0.4 is 5.32 Å². The number of nitrogens with zero attached hydrogens (tertiary/aromatic N) is 1. The van der Waals surface area contributed by atoms with Gasteiger partial charge < -0.3 is 35.3 Å². The molecule has 0 spiro atoms. The van der Waals surface area contributed by atoms with Crippen LogP contribution in [0.4, 0.5) is 4.39 Å². The van der Waals surface area contributed by atoms with Crippen LogP contribution in [0.1, 0.15) is 55.5 Å². The van der Waals surface area contributed by atoms with Crippen molar-refractivity contribution in [1.29, 1.82) is 0 Å². The van der Waals surface area contributed by atoms with Gasteiger partial charge in [0.1, 0.15) is 6.61 Å². The standard InChI is InChI=1S/C33H39FN2O12/c1-30-10-8-21(38)13-20(30)6-7-22-23-14-25(39)33(44,31(23,2)15-26(40)32(22,30)34)27(41)17-47-29(43)24(16-37)35-28(42)19-5-3-4-18(12-19)9-11-48-36(45)46/h3-6,8,10,12,22-26,37,39-40,44H,7,9,11,13-17H2,1-2H3,(H,35,42)/t22-,23-,24?,25+,26-,30-,31-,32-,33-/m0/s1. The number of carbonyl (C=O) groups is 4. The number of hydrogen-bond acceptors (Lipinski definition) is 12. The molecule has 9 atom stereocenters. The Morgan fingerprint density at radius 3 is 2.60 bits per heavy atom. The number of rotatable bonds is 11. The Bertz CT molecular complexity index is 1580. The van der Waals surface area contributed by atoms with Gasteiger partial charge in [0, 0.05) is 28.7 Å². The van der Waals surface area contributed by atoms with Crippen LogP contribution in [0, 0.1) is 32.8 Å². The molecule has 2 fully saturated rings. The number of carbonyl (C=O) groups excluding carboxylic acids is 4. The number of allylic oxidation sites excluding steroid dienone is 4. The summed E-state index contributed by atoms with van der Waals surface area (Å²) in [5, 5.41) is 55.9. The van der Waals surface area contributed by atoms with Crippen molar-refractivity contribution in [2.24, 2.45) is 22.7 Å². The smallest absolute Gasteiger partial charge is 0.331 e. The Hall–Kier alpha value is -4.05. The number of fused-ring (bicyclic) bond motifs is 5. The number of aliphatic hydroxyl groups excluding tert-OH is 3. The van der Waals surface area contributed by atoms with E-state index in [1.807, 2.05) is 0 Å². The Balaban J connectivity index is 1.27. The van der Waals surface area contributed by atoms with Crippen molar-refractivity contribution in [1.82, 2.24) is 5.32 Å². The summed E-state index contributed by atoms with van der Waals surface area (Å²) in [5.41, 5.74) is -6.51. The molecule has 1 aromatic carbocycles. The van der Waals surface area contributed by atoms with Gasteiger partial charge in [-0.2, -0.15) is 0 Å². The Labute approximate surface area is 274 Å². The number of aliphatic hydroxyl groups is 4. The first-order chi connectivity index (χ1) is 22.5. The maximum Gasteiger partial charge on any atom is 0.331 e. The van der Waals surface area contributed by atoms with Crippen molar-refractivity contribution < 1.29 is 58.7 Å². The third kappa shape index (κ3) is 5.51. The molecule has 5 N–H and O–H groups in total. The zero-order valence-electron chi connectivity index (χ0n) is 26.5.